The third kappa shape index (κ3) is 3.45. The zero-order chi connectivity index (χ0) is 12.3. The Morgan fingerprint density at radius 1 is 1.24 bits per heavy atom. The van der Waals surface area contributed by atoms with Crippen LogP contribution in [0.5, 0.6) is 0 Å². The van der Waals surface area contributed by atoms with Gasteiger partial charge in [0, 0.05) is 37.9 Å². The Kier molecular flexibility index (Phi) is 4.02. The molecule has 0 aliphatic carbocycles. The lowest BCUT2D eigenvalue weighted by molar-refractivity contribution is 0.118. The molecule has 1 saturated heterocycles. The van der Waals surface area contributed by atoms with Gasteiger partial charge in [0.15, 0.2) is 0 Å². The Bertz CT molecular complexity index is 356. The minimum absolute atomic E-state index is 0.602. The maximum absolute atomic E-state index is 5.81. The molecule has 0 radical (unpaired) electrons. The maximum atomic E-state index is 5.81. The molecule has 1 heterocycles. The van der Waals surface area contributed by atoms with E-state index in [1.807, 2.05) is 12.1 Å². The Morgan fingerprint density at radius 2 is 1.94 bits per heavy atom. The quantitative estimate of drug-likeness (QED) is 0.802. The van der Waals surface area contributed by atoms with Gasteiger partial charge in [-0.05, 0) is 38.1 Å². The van der Waals surface area contributed by atoms with Crippen LogP contribution in [0.15, 0.2) is 24.3 Å². The van der Waals surface area contributed by atoms with Crippen LogP contribution < -0.4 is 5.73 Å². The summed E-state index contributed by atoms with van der Waals surface area (Å²) < 4.78 is 0. The van der Waals surface area contributed by atoms with Crippen molar-refractivity contribution in [3.05, 3.63) is 29.8 Å². The van der Waals surface area contributed by atoms with Crippen LogP contribution in [0, 0.1) is 0 Å². The molecule has 3 heteroatoms. The number of nitrogens with two attached hydrogens (primary N) is 1. The number of hydrogen-bond donors (Lipinski definition) is 1. The largest absolute Gasteiger partial charge is 0.399 e. The van der Waals surface area contributed by atoms with E-state index in [0.29, 0.717) is 6.04 Å². The molecule has 17 heavy (non-hydrogen) atoms. The van der Waals surface area contributed by atoms with Gasteiger partial charge in [-0.2, -0.15) is 0 Å². The molecule has 3 nitrogen and oxygen atoms in total. The number of hydrogen-bond acceptors (Lipinski definition) is 3. The van der Waals surface area contributed by atoms with E-state index < -0.39 is 0 Å². The van der Waals surface area contributed by atoms with Gasteiger partial charge in [0.25, 0.3) is 0 Å². The average molecular weight is 233 g/mol. The molecule has 1 aliphatic heterocycles. The molecule has 1 fully saturated rings. The van der Waals surface area contributed by atoms with Gasteiger partial charge in [0.05, 0.1) is 0 Å². The van der Waals surface area contributed by atoms with E-state index in [1.54, 1.807) is 0 Å². The lowest BCUT2D eigenvalue weighted by atomic mass is 10.0. The van der Waals surface area contributed by atoms with Gasteiger partial charge in [-0.15, -0.1) is 0 Å². The third-order valence-corrected chi connectivity index (χ3v) is 3.64. The van der Waals surface area contributed by atoms with Crippen molar-refractivity contribution in [2.24, 2.45) is 0 Å². The molecular weight excluding hydrogens is 210 g/mol. The Morgan fingerprint density at radius 3 is 2.59 bits per heavy atom. The van der Waals surface area contributed by atoms with Crippen LogP contribution in [0.4, 0.5) is 5.69 Å². The first-order chi connectivity index (χ1) is 8.15. The first-order valence-corrected chi connectivity index (χ1v) is 6.42. The van der Waals surface area contributed by atoms with E-state index in [0.717, 1.165) is 12.1 Å². The van der Waals surface area contributed by atoms with Crippen LogP contribution in [0.25, 0.3) is 0 Å². The van der Waals surface area contributed by atoms with Crippen molar-refractivity contribution in [2.45, 2.75) is 19.4 Å². The number of benzene rings is 1. The zero-order valence-corrected chi connectivity index (χ0v) is 10.9. The highest BCUT2D eigenvalue weighted by atomic mass is 15.3. The molecule has 0 bridgehead atoms. The molecule has 0 amide bonds. The van der Waals surface area contributed by atoms with Gasteiger partial charge in [0.2, 0.25) is 0 Å². The topological polar surface area (TPSA) is 32.5 Å². The normalized spacial score (nSPS) is 20.4. The zero-order valence-electron chi connectivity index (χ0n) is 10.9. The first kappa shape index (κ1) is 12.4. The summed E-state index contributed by atoms with van der Waals surface area (Å²) in [5.74, 6) is 0. The minimum Gasteiger partial charge on any atom is -0.399 e. The van der Waals surface area contributed by atoms with Gasteiger partial charge in [0.1, 0.15) is 0 Å². The summed E-state index contributed by atoms with van der Waals surface area (Å²) in [6, 6.07) is 8.85. The van der Waals surface area contributed by atoms with Crippen molar-refractivity contribution in [3.8, 4) is 0 Å². The molecule has 2 N–H and O–H groups in total. The highest BCUT2D eigenvalue weighted by Crippen LogP contribution is 2.13. The fourth-order valence-corrected chi connectivity index (χ4v) is 2.45. The second-order valence-corrected chi connectivity index (χ2v) is 5.14. The van der Waals surface area contributed by atoms with Crippen LogP contribution in [-0.4, -0.2) is 49.1 Å². The van der Waals surface area contributed by atoms with Gasteiger partial charge >= 0.3 is 0 Å². The highest BCUT2D eigenvalue weighted by Gasteiger charge is 2.19. The van der Waals surface area contributed by atoms with Gasteiger partial charge in [-0.25, -0.2) is 0 Å². The van der Waals surface area contributed by atoms with E-state index >= 15 is 0 Å². The third-order valence-electron chi connectivity index (χ3n) is 3.64. The summed E-state index contributed by atoms with van der Waals surface area (Å²) in [4.78, 5) is 4.97. The van der Waals surface area contributed by atoms with Gasteiger partial charge in [-0.1, -0.05) is 12.1 Å². The molecule has 1 unspecified atom stereocenters. The van der Waals surface area contributed by atoms with Crippen LogP contribution in [0.1, 0.15) is 12.5 Å². The van der Waals surface area contributed by atoms with E-state index in [1.165, 1.54) is 31.7 Å². The monoisotopic (exact) mass is 233 g/mol. The lowest BCUT2D eigenvalue weighted by Gasteiger charge is -2.36. The van der Waals surface area contributed by atoms with Crippen molar-refractivity contribution in [3.63, 3.8) is 0 Å². The Balaban J connectivity index is 1.90. The van der Waals surface area contributed by atoms with Crippen LogP contribution in [0.3, 0.4) is 0 Å². The highest BCUT2D eigenvalue weighted by molar-refractivity contribution is 5.40. The van der Waals surface area contributed by atoms with Crippen molar-refractivity contribution in [1.82, 2.24) is 9.80 Å². The number of piperazine rings is 1. The number of anilines is 1. The summed E-state index contributed by atoms with van der Waals surface area (Å²) in [6.07, 6.45) is 1.09. The molecule has 1 aromatic rings. The van der Waals surface area contributed by atoms with E-state index in [2.05, 4.69) is 35.9 Å². The summed E-state index contributed by atoms with van der Waals surface area (Å²) >= 11 is 0. The predicted molar refractivity (Wildman–Crippen MR) is 73.1 cm³/mol. The van der Waals surface area contributed by atoms with Crippen molar-refractivity contribution in [2.75, 3.05) is 39.0 Å². The lowest BCUT2D eigenvalue weighted by Crippen LogP contribution is -2.48. The second kappa shape index (κ2) is 5.52. The van der Waals surface area contributed by atoms with E-state index in [-0.39, 0.29) is 0 Å². The van der Waals surface area contributed by atoms with Crippen LogP contribution >= 0.6 is 0 Å². The molecular formula is C14H23N3. The fraction of sp³-hybridized carbons (Fsp3) is 0.571. The van der Waals surface area contributed by atoms with E-state index in [9.17, 15) is 0 Å². The fourth-order valence-electron chi connectivity index (χ4n) is 2.45. The molecule has 0 saturated carbocycles. The molecule has 0 spiro atoms. The summed E-state index contributed by atoms with van der Waals surface area (Å²) in [5.41, 5.74) is 8.02. The van der Waals surface area contributed by atoms with Gasteiger partial charge in [-0.3, -0.25) is 4.90 Å². The SMILES string of the molecule is CC(Cc1cccc(N)c1)N1CCN(C)CC1. The van der Waals surface area contributed by atoms with Crippen molar-refractivity contribution < 1.29 is 0 Å². The molecule has 1 aliphatic rings. The average Bonchev–Trinajstić information content (AvgIpc) is 2.29. The molecule has 1 aromatic carbocycles. The molecule has 0 aromatic heterocycles. The maximum Gasteiger partial charge on any atom is 0.0316 e. The predicted octanol–water partition coefficient (Wildman–Crippen LogP) is 1.45. The first-order valence-electron chi connectivity index (χ1n) is 6.42. The van der Waals surface area contributed by atoms with Crippen molar-refractivity contribution in [1.29, 1.82) is 0 Å². The van der Waals surface area contributed by atoms with Crippen LogP contribution in [-0.2, 0) is 6.42 Å². The minimum atomic E-state index is 0.602. The van der Waals surface area contributed by atoms with Crippen LogP contribution in [0.2, 0.25) is 0 Å². The summed E-state index contributed by atoms with van der Waals surface area (Å²) in [6.45, 7) is 7.04. The summed E-state index contributed by atoms with van der Waals surface area (Å²) in [7, 11) is 2.19. The number of likely N-dealkylation sites (N-methyl/N-ethyl adjacent to an activating group) is 1. The smallest absolute Gasteiger partial charge is 0.0316 e. The molecule has 2 rings (SSSR count). The summed E-state index contributed by atoms with van der Waals surface area (Å²) in [5, 5.41) is 0. The molecule has 94 valence electrons. The standard InChI is InChI=1S/C14H23N3/c1-12(17-8-6-16(2)7-9-17)10-13-4-3-5-14(15)11-13/h3-5,11-12H,6-10,15H2,1-2H3. The van der Waals surface area contributed by atoms with E-state index in [4.69, 9.17) is 5.73 Å². The van der Waals surface area contributed by atoms with Crippen molar-refractivity contribution >= 4 is 5.69 Å². The second-order valence-electron chi connectivity index (χ2n) is 5.14. The number of nitrogen functional groups attached to an aromatic ring is 1. The Hall–Kier alpha value is -1.06. The number of nitrogens with zero attached hydrogens (tertiary/aromatic N) is 2. The molecule has 1 atom stereocenters. The van der Waals surface area contributed by atoms with Gasteiger partial charge < -0.3 is 10.6 Å². The Labute approximate surface area is 104 Å². The number of rotatable bonds is 3.